The van der Waals surface area contributed by atoms with E-state index in [0.717, 1.165) is 11.8 Å². The maximum atomic E-state index is 12.8. The molecule has 0 saturated carbocycles. The van der Waals surface area contributed by atoms with E-state index in [1.165, 1.54) is 0 Å². The molecule has 146 valence electrons. The zero-order chi connectivity index (χ0) is 20.0. The van der Waals surface area contributed by atoms with Crippen molar-refractivity contribution in [3.63, 3.8) is 0 Å². The second-order valence-corrected chi connectivity index (χ2v) is 8.10. The van der Waals surface area contributed by atoms with Gasteiger partial charge in [-0.25, -0.2) is 9.78 Å². The van der Waals surface area contributed by atoms with Crippen molar-refractivity contribution >= 4 is 34.6 Å². The van der Waals surface area contributed by atoms with Crippen molar-refractivity contribution in [2.45, 2.75) is 39.4 Å². The summed E-state index contributed by atoms with van der Waals surface area (Å²) in [4.78, 5) is 41.1. The number of imide groups is 1. The Morgan fingerprint density at radius 1 is 1.15 bits per heavy atom. The molecule has 1 aromatic heterocycles. The van der Waals surface area contributed by atoms with E-state index < -0.39 is 11.9 Å². The fourth-order valence-corrected chi connectivity index (χ4v) is 3.23. The van der Waals surface area contributed by atoms with Gasteiger partial charge in [0.2, 0.25) is 5.91 Å². The van der Waals surface area contributed by atoms with Crippen molar-refractivity contribution < 1.29 is 9.59 Å². The quantitative estimate of drug-likeness (QED) is 0.560. The van der Waals surface area contributed by atoms with E-state index in [1.54, 1.807) is 22.8 Å². The molecule has 0 bridgehead atoms. The Bertz CT molecular complexity index is 877. The van der Waals surface area contributed by atoms with Crippen LogP contribution < -0.4 is 16.2 Å². The summed E-state index contributed by atoms with van der Waals surface area (Å²) >= 11 is 1.15. The van der Waals surface area contributed by atoms with Gasteiger partial charge in [0.15, 0.2) is 5.16 Å². The van der Waals surface area contributed by atoms with Crippen LogP contribution in [-0.4, -0.2) is 33.8 Å². The number of carbonyl (C=O) groups excluding carboxylic acids is 2. The largest absolute Gasteiger partial charge is 0.338 e. The molecule has 0 aliphatic heterocycles. The van der Waals surface area contributed by atoms with Gasteiger partial charge in [-0.3, -0.25) is 19.5 Å². The molecule has 8 heteroatoms. The summed E-state index contributed by atoms with van der Waals surface area (Å²) in [6.45, 7) is 8.97. The Kier molecular flexibility index (Phi) is 7.41. The van der Waals surface area contributed by atoms with Crippen LogP contribution in [-0.2, 0) is 11.3 Å². The van der Waals surface area contributed by atoms with Gasteiger partial charge in [0, 0.05) is 13.1 Å². The Labute approximate surface area is 162 Å². The van der Waals surface area contributed by atoms with Gasteiger partial charge in [-0.05, 0) is 24.0 Å². The minimum atomic E-state index is -0.514. The first-order valence-electron chi connectivity index (χ1n) is 8.98. The first kappa shape index (κ1) is 21.0. The summed E-state index contributed by atoms with van der Waals surface area (Å²) in [5.74, 6) is 0.116. The van der Waals surface area contributed by atoms with Crippen molar-refractivity contribution in [1.29, 1.82) is 0 Å². The average molecular weight is 391 g/mol. The Morgan fingerprint density at radius 2 is 1.85 bits per heavy atom. The van der Waals surface area contributed by atoms with Crippen LogP contribution in [0.25, 0.3) is 10.9 Å². The van der Waals surface area contributed by atoms with Gasteiger partial charge in [-0.2, -0.15) is 0 Å². The second-order valence-electron chi connectivity index (χ2n) is 7.16. The van der Waals surface area contributed by atoms with Gasteiger partial charge in [-0.1, -0.05) is 51.6 Å². The molecule has 0 atom stereocenters. The molecule has 27 heavy (non-hydrogen) atoms. The summed E-state index contributed by atoms with van der Waals surface area (Å²) in [6, 6.07) is 6.64. The summed E-state index contributed by atoms with van der Waals surface area (Å²) in [5, 5.41) is 5.96. The highest BCUT2D eigenvalue weighted by atomic mass is 32.2. The van der Waals surface area contributed by atoms with Crippen molar-refractivity contribution in [2.75, 3.05) is 12.3 Å². The summed E-state index contributed by atoms with van der Waals surface area (Å²) in [5.41, 5.74) is 0.479. The molecule has 0 aliphatic rings. The second kappa shape index (κ2) is 9.55. The van der Waals surface area contributed by atoms with Crippen molar-refractivity contribution in [3.8, 4) is 0 Å². The number of para-hydroxylation sites is 1. The van der Waals surface area contributed by atoms with Crippen LogP contribution in [0.3, 0.4) is 0 Å². The third-order valence-corrected chi connectivity index (χ3v) is 4.61. The number of benzene rings is 1. The summed E-state index contributed by atoms with van der Waals surface area (Å²) in [7, 11) is 0. The number of urea groups is 1. The number of nitrogens with zero attached hydrogens (tertiary/aromatic N) is 2. The van der Waals surface area contributed by atoms with Gasteiger partial charge in [-0.15, -0.1) is 0 Å². The highest BCUT2D eigenvalue weighted by molar-refractivity contribution is 7.99. The predicted molar refractivity (Wildman–Crippen MR) is 108 cm³/mol. The highest BCUT2D eigenvalue weighted by Crippen LogP contribution is 2.18. The third kappa shape index (κ3) is 6.09. The maximum Gasteiger partial charge on any atom is 0.321 e. The van der Waals surface area contributed by atoms with Gasteiger partial charge < -0.3 is 5.32 Å². The molecule has 1 aromatic carbocycles. The number of rotatable bonds is 7. The highest BCUT2D eigenvalue weighted by Gasteiger charge is 2.15. The fraction of sp³-hybridized carbons (Fsp3) is 0.474. The first-order valence-corrected chi connectivity index (χ1v) is 9.96. The van der Waals surface area contributed by atoms with Crippen LogP contribution in [0.2, 0.25) is 0 Å². The number of nitrogens with one attached hydrogen (secondary N) is 2. The smallest absolute Gasteiger partial charge is 0.321 e. The third-order valence-electron chi connectivity index (χ3n) is 3.63. The summed E-state index contributed by atoms with van der Waals surface area (Å²) in [6.07, 6.45) is 0. The van der Waals surface area contributed by atoms with Gasteiger partial charge in [0.1, 0.15) is 0 Å². The SMILES string of the molecule is CC(C)CNC(=O)NC(=O)CSc1nc2ccccc2c(=O)n1CC(C)C. The van der Waals surface area contributed by atoms with Crippen molar-refractivity contribution in [1.82, 2.24) is 20.2 Å². The standard InChI is InChI=1S/C19H26N4O3S/c1-12(2)9-20-18(26)22-16(24)11-27-19-21-15-8-6-5-7-14(15)17(25)23(19)10-13(3)4/h5-8,12-13H,9-11H2,1-4H3,(H2,20,22,24,26). The molecular formula is C19H26N4O3S. The minimum Gasteiger partial charge on any atom is -0.338 e. The predicted octanol–water partition coefficient (Wildman–Crippen LogP) is 2.63. The average Bonchev–Trinajstić information content (AvgIpc) is 2.60. The number of amides is 3. The van der Waals surface area contributed by atoms with Crippen LogP contribution in [0.4, 0.5) is 4.79 Å². The lowest BCUT2D eigenvalue weighted by Gasteiger charge is -2.15. The molecule has 0 spiro atoms. The van der Waals surface area contributed by atoms with Crippen LogP contribution in [0.5, 0.6) is 0 Å². The zero-order valence-electron chi connectivity index (χ0n) is 16.1. The normalized spacial score (nSPS) is 11.2. The van der Waals surface area contributed by atoms with E-state index in [4.69, 9.17) is 0 Å². The number of thioether (sulfide) groups is 1. The van der Waals surface area contributed by atoms with E-state index in [9.17, 15) is 14.4 Å². The Balaban J connectivity index is 2.14. The van der Waals surface area contributed by atoms with Gasteiger partial charge >= 0.3 is 6.03 Å². The first-order chi connectivity index (χ1) is 12.8. The van der Waals surface area contributed by atoms with Crippen LogP contribution in [0.1, 0.15) is 27.7 Å². The number of fused-ring (bicyclic) bond motifs is 1. The van der Waals surface area contributed by atoms with E-state index in [2.05, 4.69) is 15.6 Å². The van der Waals surface area contributed by atoms with Crippen LogP contribution >= 0.6 is 11.8 Å². The lowest BCUT2D eigenvalue weighted by molar-refractivity contribution is -0.117. The molecule has 0 fully saturated rings. The summed E-state index contributed by atoms with van der Waals surface area (Å²) < 4.78 is 1.60. The Morgan fingerprint density at radius 3 is 2.52 bits per heavy atom. The molecule has 1 heterocycles. The lowest BCUT2D eigenvalue weighted by atomic mass is 10.2. The van der Waals surface area contributed by atoms with Gasteiger partial charge in [0.05, 0.1) is 16.7 Å². The lowest BCUT2D eigenvalue weighted by Crippen LogP contribution is -2.41. The van der Waals surface area contributed by atoms with Crippen molar-refractivity contribution in [2.24, 2.45) is 11.8 Å². The van der Waals surface area contributed by atoms with Gasteiger partial charge in [0.25, 0.3) is 5.56 Å². The number of hydrogen-bond acceptors (Lipinski definition) is 5. The van der Waals surface area contributed by atoms with Crippen molar-refractivity contribution in [3.05, 3.63) is 34.6 Å². The zero-order valence-corrected chi connectivity index (χ0v) is 16.9. The maximum absolute atomic E-state index is 12.8. The minimum absolute atomic E-state index is 0.00201. The molecule has 2 rings (SSSR count). The van der Waals surface area contributed by atoms with Crippen LogP contribution in [0, 0.1) is 11.8 Å². The molecule has 0 aliphatic carbocycles. The fourth-order valence-electron chi connectivity index (χ4n) is 2.42. The monoisotopic (exact) mass is 390 g/mol. The Hall–Kier alpha value is -2.35. The number of aromatic nitrogens is 2. The van der Waals surface area contributed by atoms with E-state index in [0.29, 0.717) is 35.1 Å². The molecular weight excluding hydrogens is 364 g/mol. The van der Waals surface area contributed by atoms with E-state index in [1.807, 2.05) is 33.8 Å². The molecule has 2 N–H and O–H groups in total. The molecule has 7 nitrogen and oxygen atoms in total. The molecule has 0 unspecified atom stereocenters. The molecule has 0 radical (unpaired) electrons. The van der Waals surface area contributed by atoms with Crippen LogP contribution in [0.15, 0.2) is 34.2 Å². The topological polar surface area (TPSA) is 93.1 Å². The number of carbonyl (C=O) groups is 2. The van der Waals surface area contributed by atoms with E-state index >= 15 is 0 Å². The van der Waals surface area contributed by atoms with E-state index in [-0.39, 0.29) is 17.2 Å². The number of hydrogen-bond donors (Lipinski definition) is 2. The molecule has 0 saturated heterocycles. The molecule has 2 aromatic rings. The molecule has 3 amide bonds.